The summed E-state index contributed by atoms with van der Waals surface area (Å²) in [5.74, 6) is -3.70. The molecule has 11 nitrogen and oxygen atoms in total. The van der Waals surface area contributed by atoms with E-state index in [0.29, 0.717) is 6.42 Å². The van der Waals surface area contributed by atoms with Crippen LogP contribution in [-0.2, 0) is 30.4 Å². The van der Waals surface area contributed by atoms with Gasteiger partial charge in [-0.15, -0.1) is 11.8 Å². The fourth-order valence-electron chi connectivity index (χ4n) is 3.88. The van der Waals surface area contributed by atoms with E-state index in [0.717, 1.165) is 32.8 Å². The minimum absolute atomic E-state index is 0.104. The van der Waals surface area contributed by atoms with Crippen molar-refractivity contribution >= 4 is 47.1 Å². The SMILES string of the molecule is CC(=O)Nc1ccc2c(c1)Cc1cc(SC[C@H](NC(=O)CC[C@H](N)C(=O)O)C(=O)NCC(=O)O)ccc1-2. The van der Waals surface area contributed by atoms with Gasteiger partial charge in [0.2, 0.25) is 17.7 Å². The van der Waals surface area contributed by atoms with Gasteiger partial charge in [-0.1, -0.05) is 12.1 Å². The molecule has 0 bridgehead atoms. The molecular formula is C25H28N4O7S. The number of aliphatic carboxylic acids is 2. The van der Waals surface area contributed by atoms with E-state index in [1.165, 1.54) is 18.7 Å². The Hall–Kier alpha value is -3.90. The summed E-state index contributed by atoms with van der Waals surface area (Å²) < 4.78 is 0. The first-order valence-corrected chi connectivity index (χ1v) is 12.5. The maximum atomic E-state index is 12.5. The van der Waals surface area contributed by atoms with Crippen LogP contribution in [0.3, 0.4) is 0 Å². The van der Waals surface area contributed by atoms with E-state index in [1.807, 2.05) is 36.4 Å². The smallest absolute Gasteiger partial charge is 0.322 e. The van der Waals surface area contributed by atoms with Crippen molar-refractivity contribution in [2.75, 3.05) is 17.6 Å². The summed E-state index contributed by atoms with van der Waals surface area (Å²) in [7, 11) is 0. The second kappa shape index (κ2) is 12.4. The van der Waals surface area contributed by atoms with Gasteiger partial charge in [0.25, 0.3) is 0 Å². The second-order valence-corrected chi connectivity index (χ2v) is 9.67. The molecule has 37 heavy (non-hydrogen) atoms. The summed E-state index contributed by atoms with van der Waals surface area (Å²) in [6.45, 7) is 0.853. The maximum Gasteiger partial charge on any atom is 0.322 e. The molecule has 196 valence electrons. The Balaban J connectivity index is 1.66. The molecule has 0 fully saturated rings. The number of benzene rings is 2. The molecule has 3 amide bonds. The number of carbonyl (C=O) groups is 5. The molecule has 2 aromatic rings. The Morgan fingerprint density at radius 2 is 1.70 bits per heavy atom. The van der Waals surface area contributed by atoms with E-state index in [4.69, 9.17) is 15.9 Å². The summed E-state index contributed by atoms with van der Waals surface area (Å²) in [4.78, 5) is 58.8. The van der Waals surface area contributed by atoms with Crippen molar-refractivity contribution < 1.29 is 34.2 Å². The molecule has 0 aliphatic heterocycles. The van der Waals surface area contributed by atoms with E-state index < -0.39 is 42.4 Å². The zero-order valence-electron chi connectivity index (χ0n) is 20.1. The van der Waals surface area contributed by atoms with Crippen LogP contribution < -0.4 is 21.7 Å². The van der Waals surface area contributed by atoms with Crippen LogP contribution in [0.4, 0.5) is 5.69 Å². The predicted octanol–water partition coefficient (Wildman–Crippen LogP) is 1.19. The number of thioether (sulfide) groups is 1. The Kier molecular flexibility index (Phi) is 9.25. The van der Waals surface area contributed by atoms with Gasteiger partial charge in [0.15, 0.2) is 0 Å². The molecule has 1 aliphatic rings. The van der Waals surface area contributed by atoms with E-state index in [2.05, 4.69) is 16.0 Å². The van der Waals surface area contributed by atoms with Crippen molar-refractivity contribution in [3.05, 3.63) is 47.5 Å². The van der Waals surface area contributed by atoms with Crippen molar-refractivity contribution in [1.82, 2.24) is 10.6 Å². The maximum absolute atomic E-state index is 12.5. The van der Waals surface area contributed by atoms with Crippen LogP contribution in [0.1, 0.15) is 30.9 Å². The van der Waals surface area contributed by atoms with Crippen LogP contribution in [0.25, 0.3) is 11.1 Å². The van der Waals surface area contributed by atoms with Crippen LogP contribution in [-0.4, -0.2) is 64.3 Å². The predicted molar refractivity (Wildman–Crippen MR) is 137 cm³/mol. The number of carbonyl (C=O) groups excluding carboxylic acids is 3. The molecule has 3 rings (SSSR count). The number of fused-ring (bicyclic) bond motifs is 3. The lowest BCUT2D eigenvalue weighted by Crippen LogP contribution is -2.49. The number of nitrogens with two attached hydrogens (primary N) is 1. The van der Waals surface area contributed by atoms with Gasteiger partial charge < -0.3 is 31.9 Å². The summed E-state index contributed by atoms with van der Waals surface area (Å²) >= 11 is 1.32. The molecule has 0 radical (unpaired) electrons. The van der Waals surface area contributed by atoms with E-state index >= 15 is 0 Å². The average Bonchev–Trinajstić information content (AvgIpc) is 3.19. The molecule has 0 saturated carbocycles. The van der Waals surface area contributed by atoms with Crippen molar-refractivity contribution in [2.24, 2.45) is 5.73 Å². The number of rotatable bonds is 12. The Morgan fingerprint density at radius 3 is 2.35 bits per heavy atom. The van der Waals surface area contributed by atoms with E-state index in [1.54, 1.807) is 0 Å². The molecule has 7 N–H and O–H groups in total. The quantitative estimate of drug-likeness (QED) is 0.188. The van der Waals surface area contributed by atoms with Crippen molar-refractivity contribution in [1.29, 1.82) is 0 Å². The number of carboxylic acid groups (broad SMARTS) is 2. The van der Waals surface area contributed by atoms with E-state index in [-0.39, 0.29) is 24.5 Å². The molecule has 0 unspecified atom stereocenters. The molecule has 2 aromatic carbocycles. The van der Waals surface area contributed by atoms with Gasteiger partial charge in [0.1, 0.15) is 18.6 Å². The molecule has 0 saturated heterocycles. The molecule has 0 heterocycles. The number of hydrogen-bond donors (Lipinski definition) is 6. The number of carboxylic acids is 2. The van der Waals surface area contributed by atoms with Crippen molar-refractivity contribution in [3.8, 4) is 11.1 Å². The Labute approximate surface area is 217 Å². The second-order valence-electron chi connectivity index (χ2n) is 8.57. The number of anilines is 1. The highest BCUT2D eigenvalue weighted by Crippen LogP contribution is 2.39. The van der Waals surface area contributed by atoms with E-state index in [9.17, 15) is 24.0 Å². The first-order valence-electron chi connectivity index (χ1n) is 11.5. The fraction of sp³-hybridized carbons (Fsp3) is 0.320. The monoisotopic (exact) mass is 528 g/mol. The third-order valence-corrected chi connectivity index (χ3v) is 6.74. The summed E-state index contributed by atoms with van der Waals surface area (Å²) in [6, 6.07) is 9.40. The van der Waals surface area contributed by atoms with Gasteiger partial charge in [-0.2, -0.15) is 0 Å². The number of nitrogens with one attached hydrogen (secondary N) is 3. The van der Waals surface area contributed by atoms with Gasteiger partial charge in [-0.25, -0.2) is 0 Å². The Bertz CT molecular complexity index is 1230. The van der Waals surface area contributed by atoms with Crippen LogP contribution in [0.2, 0.25) is 0 Å². The highest BCUT2D eigenvalue weighted by Gasteiger charge is 2.24. The largest absolute Gasteiger partial charge is 0.480 e. The first kappa shape index (κ1) is 27.7. The minimum atomic E-state index is -1.23. The first-order chi connectivity index (χ1) is 17.5. The molecule has 0 spiro atoms. The highest BCUT2D eigenvalue weighted by molar-refractivity contribution is 7.99. The third kappa shape index (κ3) is 7.79. The van der Waals surface area contributed by atoms with Crippen LogP contribution >= 0.6 is 11.8 Å². The van der Waals surface area contributed by atoms with Gasteiger partial charge in [-0.05, 0) is 59.4 Å². The highest BCUT2D eigenvalue weighted by atomic mass is 32.2. The van der Waals surface area contributed by atoms with Crippen molar-refractivity contribution in [3.63, 3.8) is 0 Å². The zero-order valence-corrected chi connectivity index (χ0v) is 20.9. The molecule has 2 atom stereocenters. The van der Waals surface area contributed by atoms with Gasteiger partial charge in [0.05, 0.1) is 0 Å². The van der Waals surface area contributed by atoms with Crippen LogP contribution in [0, 0.1) is 0 Å². The summed E-state index contributed by atoms with van der Waals surface area (Å²) in [5.41, 5.74) is 10.5. The van der Waals surface area contributed by atoms with Gasteiger partial charge >= 0.3 is 11.9 Å². The van der Waals surface area contributed by atoms with Crippen LogP contribution in [0.15, 0.2) is 41.3 Å². The fourth-order valence-corrected chi connectivity index (χ4v) is 4.87. The molecule has 12 heteroatoms. The van der Waals surface area contributed by atoms with Gasteiger partial charge in [0, 0.05) is 29.7 Å². The topological polar surface area (TPSA) is 188 Å². The molecular weight excluding hydrogens is 500 g/mol. The zero-order chi connectivity index (χ0) is 27.1. The lowest BCUT2D eigenvalue weighted by atomic mass is 10.1. The molecule has 0 aromatic heterocycles. The average molecular weight is 529 g/mol. The van der Waals surface area contributed by atoms with Gasteiger partial charge in [-0.3, -0.25) is 24.0 Å². The summed E-state index contributed by atoms with van der Waals surface area (Å²) in [6.07, 6.45) is 0.376. The minimum Gasteiger partial charge on any atom is -0.480 e. The summed E-state index contributed by atoms with van der Waals surface area (Å²) in [5, 5.41) is 25.3. The van der Waals surface area contributed by atoms with Crippen molar-refractivity contribution in [2.45, 2.75) is 43.2 Å². The normalized spacial score (nSPS) is 13.0. The standard InChI is InChI=1S/C25H28N4O7S/c1-13(30)28-16-2-4-18-14(9-16)8-15-10-17(3-5-19(15)18)37-12-21(24(34)27-11-23(32)33)29-22(31)7-6-20(26)25(35)36/h2-5,9-10,20-21H,6-8,11-12,26H2,1H3,(H,27,34)(H,28,30)(H,29,31)(H,32,33)(H,35,36)/t20-,21-/m0/s1. The lowest BCUT2D eigenvalue weighted by molar-refractivity contribution is -0.139. The Morgan fingerprint density at radius 1 is 1.03 bits per heavy atom. The number of hydrogen-bond acceptors (Lipinski definition) is 7. The number of amides is 3. The van der Waals surface area contributed by atoms with Crippen LogP contribution in [0.5, 0.6) is 0 Å². The third-order valence-electron chi connectivity index (χ3n) is 5.66. The molecule has 1 aliphatic carbocycles. The lowest BCUT2D eigenvalue weighted by Gasteiger charge is -2.18.